The maximum atomic E-state index is 11.2. The van der Waals surface area contributed by atoms with E-state index in [4.69, 9.17) is 0 Å². The van der Waals surface area contributed by atoms with Gasteiger partial charge in [-0.15, -0.1) is 0 Å². The third kappa shape index (κ3) is 6.36. The fraction of sp³-hybridized carbons (Fsp3) is 0.571. The van der Waals surface area contributed by atoms with E-state index in [0.29, 0.717) is 6.54 Å². The smallest absolute Gasteiger partial charge is 0.148 e. The SMILES string of the molecule is CC(CS(C)(=O)=O)NCc1ccc([Si](C)(C)C)cc1. The Balaban J connectivity index is 2.55. The van der Waals surface area contributed by atoms with Gasteiger partial charge in [0.05, 0.1) is 13.8 Å². The van der Waals surface area contributed by atoms with Crippen molar-refractivity contribution in [2.75, 3.05) is 12.0 Å². The molecule has 19 heavy (non-hydrogen) atoms. The lowest BCUT2D eigenvalue weighted by Crippen LogP contribution is -2.37. The van der Waals surface area contributed by atoms with Crippen LogP contribution in [0.2, 0.25) is 19.6 Å². The van der Waals surface area contributed by atoms with Crippen LogP contribution in [0.3, 0.4) is 0 Å². The Morgan fingerprint density at radius 3 is 2.11 bits per heavy atom. The Bertz CT molecular complexity index is 503. The maximum Gasteiger partial charge on any atom is 0.148 e. The number of rotatable bonds is 6. The van der Waals surface area contributed by atoms with E-state index in [0.717, 1.165) is 0 Å². The highest BCUT2D eigenvalue weighted by Crippen LogP contribution is 2.05. The van der Waals surface area contributed by atoms with E-state index < -0.39 is 17.9 Å². The highest BCUT2D eigenvalue weighted by Gasteiger charge is 2.15. The van der Waals surface area contributed by atoms with Crippen molar-refractivity contribution in [3.05, 3.63) is 29.8 Å². The van der Waals surface area contributed by atoms with Gasteiger partial charge >= 0.3 is 0 Å². The van der Waals surface area contributed by atoms with Crippen molar-refractivity contribution in [2.24, 2.45) is 0 Å². The second-order valence-corrected chi connectivity index (χ2v) is 13.6. The summed E-state index contributed by atoms with van der Waals surface area (Å²) in [7, 11) is -4.14. The lowest BCUT2D eigenvalue weighted by Gasteiger charge is -2.17. The molecule has 108 valence electrons. The molecule has 0 fully saturated rings. The van der Waals surface area contributed by atoms with E-state index in [2.05, 4.69) is 49.2 Å². The molecule has 1 N–H and O–H groups in total. The topological polar surface area (TPSA) is 46.2 Å². The maximum absolute atomic E-state index is 11.2. The van der Waals surface area contributed by atoms with Gasteiger partial charge in [-0.05, 0) is 12.5 Å². The van der Waals surface area contributed by atoms with E-state index in [1.165, 1.54) is 17.0 Å². The highest BCUT2D eigenvalue weighted by atomic mass is 32.2. The molecule has 0 spiro atoms. The van der Waals surface area contributed by atoms with Gasteiger partial charge in [-0.25, -0.2) is 8.42 Å². The first kappa shape index (κ1) is 16.4. The van der Waals surface area contributed by atoms with Crippen LogP contribution < -0.4 is 10.5 Å². The van der Waals surface area contributed by atoms with E-state index in [-0.39, 0.29) is 11.8 Å². The van der Waals surface area contributed by atoms with E-state index in [1.54, 1.807) is 0 Å². The molecular weight excluding hydrogens is 274 g/mol. The summed E-state index contributed by atoms with van der Waals surface area (Å²) in [6, 6.07) is 8.64. The summed E-state index contributed by atoms with van der Waals surface area (Å²) >= 11 is 0. The van der Waals surface area contributed by atoms with Gasteiger partial charge < -0.3 is 5.32 Å². The van der Waals surface area contributed by atoms with Gasteiger partial charge in [0.25, 0.3) is 0 Å². The Labute approximate surface area is 118 Å². The van der Waals surface area contributed by atoms with E-state index in [9.17, 15) is 8.42 Å². The molecule has 0 saturated heterocycles. The van der Waals surface area contributed by atoms with Crippen molar-refractivity contribution < 1.29 is 8.42 Å². The summed E-state index contributed by atoms with van der Waals surface area (Å²) in [6.07, 6.45) is 1.27. The van der Waals surface area contributed by atoms with Crippen molar-refractivity contribution in [3.8, 4) is 0 Å². The summed E-state index contributed by atoms with van der Waals surface area (Å²) < 4.78 is 22.3. The highest BCUT2D eigenvalue weighted by molar-refractivity contribution is 7.90. The molecule has 0 bridgehead atoms. The first-order valence-electron chi connectivity index (χ1n) is 6.58. The minimum Gasteiger partial charge on any atom is -0.309 e. The second-order valence-electron chi connectivity index (χ2n) is 6.32. The lowest BCUT2D eigenvalue weighted by atomic mass is 10.2. The molecule has 1 rings (SSSR count). The van der Waals surface area contributed by atoms with Crippen LogP contribution in [0, 0.1) is 0 Å². The summed E-state index contributed by atoms with van der Waals surface area (Å²) in [5.41, 5.74) is 1.20. The molecule has 0 amide bonds. The molecule has 1 aromatic carbocycles. The van der Waals surface area contributed by atoms with E-state index in [1.807, 2.05) is 6.92 Å². The standard InChI is InChI=1S/C14H25NO2SSi/c1-12(11-18(2,16)17)15-10-13-6-8-14(9-7-13)19(3,4)5/h6-9,12,15H,10-11H2,1-5H3. The molecule has 0 aliphatic rings. The molecule has 0 aliphatic heterocycles. The van der Waals surface area contributed by atoms with Crippen molar-refractivity contribution in [1.82, 2.24) is 5.32 Å². The Hall–Kier alpha value is -0.653. The minimum absolute atomic E-state index is 0.0216. The number of hydrogen-bond donors (Lipinski definition) is 1. The van der Waals surface area contributed by atoms with Crippen molar-refractivity contribution in [2.45, 2.75) is 39.2 Å². The molecule has 0 aromatic heterocycles. The zero-order chi connectivity index (χ0) is 14.7. The average molecular weight is 300 g/mol. The fourth-order valence-electron chi connectivity index (χ4n) is 1.93. The van der Waals surface area contributed by atoms with E-state index >= 15 is 0 Å². The molecule has 0 heterocycles. The Kier molecular flexibility index (Phi) is 5.35. The van der Waals surface area contributed by atoms with Crippen LogP contribution in [0.1, 0.15) is 12.5 Å². The van der Waals surface area contributed by atoms with Crippen molar-refractivity contribution >= 4 is 23.1 Å². The van der Waals surface area contributed by atoms with Gasteiger partial charge in [-0.2, -0.15) is 0 Å². The van der Waals surface area contributed by atoms with Gasteiger partial charge in [0.2, 0.25) is 0 Å². The number of hydrogen-bond acceptors (Lipinski definition) is 3. The third-order valence-electron chi connectivity index (χ3n) is 3.03. The minimum atomic E-state index is -2.91. The van der Waals surface area contributed by atoms with Crippen LogP contribution >= 0.6 is 0 Å². The van der Waals surface area contributed by atoms with Crippen LogP contribution in [0.25, 0.3) is 0 Å². The molecule has 0 saturated carbocycles. The van der Waals surface area contributed by atoms with Crippen LogP contribution in [0.15, 0.2) is 24.3 Å². The zero-order valence-corrected chi connectivity index (χ0v) is 14.3. The van der Waals surface area contributed by atoms with Crippen molar-refractivity contribution in [3.63, 3.8) is 0 Å². The van der Waals surface area contributed by atoms with Crippen molar-refractivity contribution in [1.29, 1.82) is 0 Å². The first-order valence-corrected chi connectivity index (χ1v) is 12.1. The molecule has 5 heteroatoms. The number of nitrogens with one attached hydrogen (secondary N) is 1. The van der Waals surface area contributed by atoms with Gasteiger partial charge in [-0.1, -0.05) is 49.1 Å². The first-order chi connectivity index (χ1) is 8.58. The quantitative estimate of drug-likeness (QED) is 0.814. The normalized spacial score (nSPS) is 14.4. The number of benzene rings is 1. The van der Waals surface area contributed by atoms with Gasteiger partial charge in [0, 0.05) is 18.8 Å². The van der Waals surface area contributed by atoms with Gasteiger partial charge in [0.15, 0.2) is 0 Å². The number of sulfone groups is 1. The zero-order valence-electron chi connectivity index (χ0n) is 12.5. The summed E-state index contributed by atoms with van der Waals surface area (Å²) in [4.78, 5) is 0. The predicted molar refractivity (Wildman–Crippen MR) is 85.4 cm³/mol. The van der Waals surface area contributed by atoms with Gasteiger partial charge in [-0.3, -0.25) is 0 Å². The summed E-state index contributed by atoms with van der Waals surface area (Å²) in [5.74, 6) is 0.181. The molecule has 0 radical (unpaired) electrons. The molecule has 1 aromatic rings. The molecular formula is C14H25NO2SSi. The lowest BCUT2D eigenvalue weighted by molar-refractivity contribution is 0.560. The average Bonchev–Trinajstić information content (AvgIpc) is 2.23. The molecule has 3 nitrogen and oxygen atoms in total. The predicted octanol–water partition coefficient (Wildman–Crippen LogP) is 1.75. The van der Waals surface area contributed by atoms with Crippen LogP contribution in [-0.4, -0.2) is 34.5 Å². The third-order valence-corrected chi connectivity index (χ3v) is 6.20. The fourth-order valence-corrected chi connectivity index (χ4v) is 4.12. The van der Waals surface area contributed by atoms with Crippen LogP contribution in [0.5, 0.6) is 0 Å². The summed E-state index contributed by atoms with van der Waals surface area (Å²) in [5, 5.41) is 4.69. The van der Waals surface area contributed by atoms with Gasteiger partial charge in [0.1, 0.15) is 9.84 Å². The monoisotopic (exact) mass is 299 g/mol. The molecule has 1 unspecified atom stereocenters. The largest absolute Gasteiger partial charge is 0.309 e. The Morgan fingerprint density at radius 2 is 1.68 bits per heavy atom. The van der Waals surface area contributed by atoms with Crippen LogP contribution in [0.4, 0.5) is 0 Å². The van der Waals surface area contributed by atoms with Crippen LogP contribution in [-0.2, 0) is 16.4 Å². The molecule has 0 aliphatic carbocycles. The second kappa shape index (κ2) is 6.20. The Morgan fingerprint density at radius 1 is 1.16 bits per heavy atom. The summed E-state index contributed by atoms with van der Waals surface area (Å²) in [6.45, 7) is 9.59. The molecule has 1 atom stereocenters.